The summed E-state index contributed by atoms with van der Waals surface area (Å²) in [6, 6.07) is 2.33. The lowest BCUT2D eigenvalue weighted by atomic mass is 10.4. The summed E-state index contributed by atoms with van der Waals surface area (Å²) in [6.07, 6.45) is 0. The Balaban J connectivity index is 1.83. The van der Waals surface area contributed by atoms with Crippen molar-refractivity contribution < 1.29 is 9.26 Å². The molecule has 0 aliphatic heterocycles. The van der Waals surface area contributed by atoms with Gasteiger partial charge >= 0.3 is 0 Å². The topological polar surface area (TPSA) is 90.9 Å². The van der Waals surface area contributed by atoms with Crippen LogP contribution in [0, 0.1) is 0 Å². The largest absolute Gasteiger partial charge is 0.377 e. The van der Waals surface area contributed by atoms with Crippen molar-refractivity contribution in [3.63, 3.8) is 0 Å². The van der Waals surface area contributed by atoms with Crippen LogP contribution in [0.4, 0.5) is 0 Å². The molecule has 21 heavy (non-hydrogen) atoms. The highest BCUT2D eigenvalue weighted by atomic mass is 32.2. The predicted octanol–water partition coefficient (Wildman–Crippen LogP) is 1.10. The average Bonchev–Trinajstić information content (AvgIpc) is 3.06. The molecule has 116 valence electrons. The standard InChI is InChI=1S/C12H20N6O2S/c1-9(2)13-4-5-18-12(14-16-17-18)21-8-10-6-11(7-19-3)20-15-10/h6,9,13H,4-5,7-8H2,1-3H3. The van der Waals surface area contributed by atoms with E-state index in [1.807, 2.05) is 6.07 Å². The highest BCUT2D eigenvalue weighted by molar-refractivity contribution is 7.98. The van der Waals surface area contributed by atoms with Crippen LogP contribution >= 0.6 is 11.8 Å². The SMILES string of the molecule is COCc1cc(CSc2nnnn2CCNC(C)C)no1. The van der Waals surface area contributed by atoms with E-state index in [1.165, 1.54) is 11.8 Å². The average molecular weight is 312 g/mol. The minimum atomic E-state index is 0.427. The van der Waals surface area contributed by atoms with Crippen molar-refractivity contribution in [1.29, 1.82) is 0 Å². The zero-order chi connectivity index (χ0) is 15.1. The van der Waals surface area contributed by atoms with E-state index in [0.29, 0.717) is 24.2 Å². The molecular weight excluding hydrogens is 292 g/mol. The van der Waals surface area contributed by atoms with Crippen LogP contribution in [-0.2, 0) is 23.6 Å². The van der Waals surface area contributed by atoms with Gasteiger partial charge in [-0.2, -0.15) is 0 Å². The first-order chi connectivity index (χ1) is 10.2. The third-order valence-electron chi connectivity index (χ3n) is 2.62. The van der Waals surface area contributed by atoms with Crippen LogP contribution in [0.3, 0.4) is 0 Å². The van der Waals surface area contributed by atoms with E-state index in [2.05, 4.69) is 39.8 Å². The summed E-state index contributed by atoms with van der Waals surface area (Å²) in [5, 5.41) is 19.8. The third-order valence-corrected chi connectivity index (χ3v) is 3.61. The molecule has 0 aromatic carbocycles. The van der Waals surface area contributed by atoms with Crippen molar-refractivity contribution in [2.45, 2.75) is 44.0 Å². The van der Waals surface area contributed by atoms with Gasteiger partial charge in [0.25, 0.3) is 0 Å². The maximum absolute atomic E-state index is 5.14. The minimum absolute atomic E-state index is 0.427. The molecule has 0 bridgehead atoms. The van der Waals surface area contributed by atoms with E-state index in [9.17, 15) is 0 Å². The Morgan fingerprint density at radius 3 is 3.10 bits per heavy atom. The first kappa shape index (κ1) is 15.9. The Morgan fingerprint density at radius 1 is 1.48 bits per heavy atom. The van der Waals surface area contributed by atoms with Crippen molar-refractivity contribution in [2.75, 3.05) is 13.7 Å². The molecule has 0 unspecified atom stereocenters. The van der Waals surface area contributed by atoms with Gasteiger partial charge in [0.05, 0.1) is 12.2 Å². The van der Waals surface area contributed by atoms with Gasteiger partial charge in [0, 0.05) is 31.5 Å². The lowest BCUT2D eigenvalue weighted by molar-refractivity contribution is 0.156. The summed E-state index contributed by atoms with van der Waals surface area (Å²) in [5.74, 6) is 1.37. The second-order valence-corrected chi connectivity index (χ2v) is 5.74. The maximum atomic E-state index is 5.14. The van der Waals surface area contributed by atoms with Gasteiger partial charge in [-0.3, -0.25) is 0 Å². The highest BCUT2D eigenvalue weighted by Crippen LogP contribution is 2.19. The van der Waals surface area contributed by atoms with Gasteiger partial charge in [-0.1, -0.05) is 30.8 Å². The lowest BCUT2D eigenvalue weighted by Crippen LogP contribution is -2.27. The molecule has 2 aromatic heterocycles. The van der Waals surface area contributed by atoms with Gasteiger partial charge in [-0.15, -0.1) is 5.10 Å². The normalized spacial score (nSPS) is 11.4. The monoisotopic (exact) mass is 312 g/mol. The number of hydrogen-bond donors (Lipinski definition) is 1. The highest BCUT2D eigenvalue weighted by Gasteiger charge is 2.10. The van der Waals surface area contributed by atoms with Crippen LogP contribution in [0.25, 0.3) is 0 Å². The van der Waals surface area contributed by atoms with E-state index < -0.39 is 0 Å². The number of nitrogens with zero attached hydrogens (tertiary/aromatic N) is 5. The Bertz CT molecular complexity index is 541. The molecule has 0 aliphatic carbocycles. The van der Waals surface area contributed by atoms with Gasteiger partial charge in [0.1, 0.15) is 6.61 Å². The molecule has 0 spiro atoms. The maximum Gasteiger partial charge on any atom is 0.209 e. The lowest BCUT2D eigenvalue weighted by Gasteiger charge is -2.08. The fraction of sp³-hybridized carbons (Fsp3) is 0.667. The first-order valence-corrected chi connectivity index (χ1v) is 7.73. The minimum Gasteiger partial charge on any atom is -0.377 e. The Kier molecular flexibility index (Phi) is 6.15. The van der Waals surface area contributed by atoms with Crippen LogP contribution < -0.4 is 5.32 Å². The molecule has 2 heterocycles. The van der Waals surface area contributed by atoms with Crippen LogP contribution in [0.5, 0.6) is 0 Å². The van der Waals surface area contributed by atoms with Gasteiger partial charge in [0.2, 0.25) is 5.16 Å². The van der Waals surface area contributed by atoms with Crippen LogP contribution in [0.2, 0.25) is 0 Å². The summed E-state index contributed by atoms with van der Waals surface area (Å²) < 4.78 is 11.9. The summed E-state index contributed by atoms with van der Waals surface area (Å²) in [4.78, 5) is 0. The number of ether oxygens (including phenoxy) is 1. The zero-order valence-corrected chi connectivity index (χ0v) is 13.3. The molecule has 0 radical (unpaired) electrons. The smallest absolute Gasteiger partial charge is 0.209 e. The summed E-state index contributed by atoms with van der Waals surface area (Å²) >= 11 is 1.53. The molecule has 0 aliphatic rings. The number of thioether (sulfide) groups is 1. The number of aromatic nitrogens is 5. The molecule has 9 heteroatoms. The molecular formula is C12H20N6O2S. The van der Waals surface area contributed by atoms with Crippen LogP contribution in [-0.4, -0.2) is 45.1 Å². The van der Waals surface area contributed by atoms with E-state index >= 15 is 0 Å². The van der Waals surface area contributed by atoms with Gasteiger partial charge in [-0.05, 0) is 10.4 Å². The second-order valence-electron chi connectivity index (χ2n) is 4.80. The third kappa shape index (κ3) is 5.10. The molecule has 0 amide bonds. The van der Waals surface area contributed by atoms with Gasteiger partial charge in [0.15, 0.2) is 5.76 Å². The molecule has 0 atom stereocenters. The number of nitrogens with one attached hydrogen (secondary N) is 1. The number of methoxy groups -OCH3 is 1. The number of hydrogen-bond acceptors (Lipinski definition) is 8. The number of tetrazole rings is 1. The fourth-order valence-electron chi connectivity index (χ4n) is 1.67. The quantitative estimate of drug-likeness (QED) is 0.688. The molecule has 2 rings (SSSR count). The van der Waals surface area contributed by atoms with Gasteiger partial charge in [-0.25, -0.2) is 4.68 Å². The zero-order valence-electron chi connectivity index (χ0n) is 12.4. The van der Waals surface area contributed by atoms with Crippen molar-refractivity contribution in [1.82, 2.24) is 30.7 Å². The van der Waals surface area contributed by atoms with Crippen molar-refractivity contribution in [3.05, 3.63) is 17.5 Å². The summed E-state index contributed by atoms with van der Waals surface area (Å²) in [6.45, 7) is 6.21. The van der Waals surface area contributed by atoms with E-state index in [1.54, 1.807) is 11.8 Å². The Labute approximate surface area is 127 Å². The number of rotatable bonds is 9. The molecule has 1 N–H and O–H groups in total. The fourth-order valence-corrected chi connectivity index (χ4v) is 2.46. The van der Waals surface area contributed by atoms with Crippen LogP contribution in [0.15, 0.2) is 15.7 Å². The summed E-state index contributed by atoms with van der Waals surface area (Å²) in [5.41, 5.74) is 0.849. The molecule has 0 fully saturated rings. The first-order valence-electron chi connectivity index (χ1n) is 6.74. The van der Waals surface area contributed by atoms with Crippen LogP contribution in [0.1, 0.15) is 25.3 Å². The Hall–Kier alpha value is -1.45. The predicted molar refractivity (Wildman–Crippen MR) is 77.7 cm³/mol. The molecule has 0 saturated carbocycles. The molecule has 8 nitrogen and oxygen atoms in total. The molecule has 0 saturated heterocycles. The molecule has 2 aromatic rings. The van der Waals surface area contributed by atoms with E-state index in [0.717, 1.165) is 23.9 Å². The van der Waals surface area contributed by atoms with Crippen molar-refractivity contribution in [3.8, 4) is 0 Å². The second kappa shape index (κ2) is 8.11. The Morgan fingerprint density at radius 2 is 2.33 bits per heavy atom. The van der Waals surface area contributed by atoms with Gasteiger partial charge < -0.3 is 14.6 Å². The van der Waals surface area contributed by atoms with Crippen molar-refractivity contribution >= 4 is 11.8 Å². The summed E-state index contributed by atoms with van der Waals surface area (Å²) in [7, 11) is 1.62. The van der Waals surface area contributed by atoms with E-state index in [4.69, 9.17) is 9.26 Å². The van der Waals surface area contributed by atoms with Crippen molar-refractivity contribution in [2.24, 2.45) is 0 Å². The van der Waals surface area contributed by atoms with E-state index in [-0.39, 0.29) is 0 Å².